The SMILES string of the molecule is CCC(CC)N(CCOC)c1nc(Cl)c(C(=O)O)s1. The van der Waals surface area contributed by atoms with Gasteiger partial charge in [-0.2, -0.15) is 0 Å². The summed E-state index contributed by atoms with van der Waals surface area (Å²) in [6.45, 7) is 5.43. The Kier molecular flexibility index (Phi) is 6.54. The third-order valence-electron chi connectivity index (χ3n) is 2.93. The van der Waals surface area contributed by atoms with Gasteiger partial charge >= 0.3 is 5.97 Å². The number of carbonyl (C=O) groups is 1. The van der Waals surface area contributed by atoms with E-state index in [4.69, 9.17) is 21.4 Å². The number of halogens is 1. The Hall–Kier alpha value is -0.850. The third kappa shape index (κ3) is 4.06. The topological polar surface area (TPSA) is 62.7 Å². The first-order valence-corrected chi connectivity index (χ1v) is 7.39. The normalized spacial score (nSPS) is 11.0. The number of hydrogen-bond acceptors (Lipinski definition) is 5. The minimum Gasteiger partial charge on any atom is -0.477 e. The van der Waals surface area contributed by atoms with Gasteiger partial charge in [0.2, 0.25) is 0 Å². The minimum absolute atomic E-state index is 0.0564. The van der Waals surface area contributed by atoms with Crippen molar-refractivity contribution in [1.82, 2.24) is 4.98 Å². The molecule has 19 heavy (non-hydrogen) atoms. The molecule has 0 spiro atoms. The van der Waals surface area contributed by atoms with Crippen LogP contribution in [0.1, 0.15) is 36.4 Å². The Labute approximate surface area is 122 Å². The molecule has 5 nitrogen and oxygen atoms in total. The highest BCUT2D eigenvalue weighted by Gasteiger charge is 2.23. The Morgan fingerprint density at radius 2 is 2.16 bits per heavy atom. The number of aromatic carboxylic acids is 1. The lowest BCUT2D eigenvalue weighted by molar-refractivity contribution is 0.0702. The van der Waals surface area contributed by atoms with Gasteiger partial charge in [0.25, 0.3) is 0 Å². The molecule has 7 heteroatoms. The van der Waals surface area contributed by atoms with Crippen LogP contribution in [0.4, 0.5) is 5.13 Å². The molecule has 108 valence electrons. The van der Waals surface area contributed by atoms with E-state index in [9.17, 15) is 4.79 Å². The van der Waals surface area contributed by atoms with E-state index in [1.807, 2.05) is 0 Å². The molecule has 1 aromatic rings. The first-order chi connectivity index (χ1) is 9.04. The van der Waals surface area contributed by atoms with Crippen LogP contribution in [0.5, 0.6) is 0 Å². The van der Waals surface area contributed by atoms with Gasteiger partial charge in [0.15, 0.2) is 15.2 Å². The highest BCUT2D eigenvalue weighted by molar-refractivity contribution is 7.18. The van der Waals surface area contributed by atoms with Crippen LogP contribution in [-0.4, -0.2) is 42.4 Å². The zero-order chi connectivity index (χ0) is 14.4. The fourth-order valence-corrected chi connectivity index (χ4v) is 3.12. The molecule has 0 unspecified atom stereocenters. The van der Waals surface area contributed by atoms with Crippen molar-refractivity contribution in [2.45, 2.75) is 32.7 Å². The average Bonchev–Trinajstić information content (AvgIpc) is 2.76. The van der Waals surface area contributed by atoms with Crippen molar-refractivity contribution in [1.29, 1.82) is 0 Å². The van der Waals surface area contributed by atoms with Crippen molar-refractivity contribution in [3.05, 3.63) is 10.0 Å². The summed E-state index contributed by atoms with van der Waals surface area (Å²) >= 11 is 6.98. The van der Waals surface area contributed by atoms with E-state index in [1.165, 1.54) is 0 Å². The number of anilines is 1. The van der Waals surface area contributed by atoms with Crippen molar-refractivity contribution in [2.75, 3.05) is 25.2 Å². The number of carboxylic acid groups (broad SMARTS) is 1. The lowest BCUT2D eigenvalue weighted by atomic mass is 10.1. The molecular formula is C12H19ClN2O3S. The summed E-state index contributed by atoms with van der Waals surface area (Å²) in [5.41, 5.74) is 0. The fraction of sp³-hybridized carbons (Fsp3) is 0.667. The lowest BCUT2D eigenvalue weighted by Gasteiger charge is -2.29. The Morgan fingerprint density at radius 3 is 2.58 bits per heavy atom. The number of hydrogen-bond donors (Lipinski definition) is 1. The van der Waals surface area contributed by atoms with Gasteiger partial charge in [-0.1, -0.05) is 36.8 Å². The number of thiazole rings is 1. The van der Waals surface area contributed by atoms with Gasteiger partial charge < -0.3 is 14.7 Å². The Bertz CT molecular complexity index is 421. The monoisotopic (exact) mass is 306 g/mol. The zero-order valence-corrected chi connectivity index (χ0v) is 12.9. The number of methoxy groups -OCH3 is 1. The third-order valence-corrected chi connectivity index (χ3v) is 4.40. The first kappa shape index (κ1) is 16.2. The quantitative estimate of drug-likeness (QED) is 0.799. The summed E-state index contributed by atoms with van der Waals surface area (Å²) < 4.78 is 5.10. The molecule has 0 aliphatic rings. The molecule has 1 heterocycles. The predicted octanol–water partition coefficient (Wildman–Crippen LogP) is 3.14. The van der Waals surface area contributed by atoms with Gasteiger partial charge in [0.05, 0.1) is 6.61 Å². The Balaban J connectivity index is 3.02. The predicted molar refractivity (Wildman–Crippen MR) is 77.7 cm³/mol. The summed E-state index contributed by atoms with van der Waals surface area (Å²) in [6.07, 6.45) is 1.92. The summed E-state index contributed by atoms with van der Waals surface area (Å²) in [5, 5.41) is 9.74. The molecule has 0 fully saturated rings. The second kappa shape index (κ2) is 7.67. The zero-order valence-electron chi connectivity index (χ0n) is 11.4. The number of rotatable bonds is 8. The van der Waals surface area contributed by atoms with Crippen LogP contribution in [0, 0.1) is 0 Å². The maximum atomic E-state index is 11.0. The van der Waals surface area contributed by atoms with E-state index in [0.29, 0.717) is 24.3 Å². The van der Waals surface area contributed by atoms with Crippen LogP contribution in [0.2, 0.25) is 5.15 Å². The van der Waals surface area contributed by atoms with Gasteiger partial charge in [-0.15, -0.1) is 0 Å². The van der Waals surface area contributed by atoms with Crippen molar-refractivity contribution in [3.8, 4) is 0 Å². The fourth-order valence-electron chi connectivity index (χ4n) is 1.90. The van der Waals surface area contributed by atoms with Crippen molar-refractivity contribution in [2.24, 2.45) is 0 Å². The maximum Gasteiger partial charge on any atom is 0.349 e. The molecule has 0 aliphatic carbocycles. The largest absolute Gasteiger partial charge is 0.477 e. The second-order valence-corrected chi connectivity index (χ2v) is 5.41. The molecule has 0 aliphatic heterocycles. The van der Waals surface area contributed by atoms with Crippen LogP contribution in [0.3, 0.4) is 0 Å². The summed E-state index contributed by atoms with van der Waals surface area (Å²) in [7, 11) is 1.64. The van der Waals surface area contributed by atoms with Crippen molar-refractivity contribution >= 4 is 34.0 Å². The molecule has 1 rings (SSSR count). The summed E-state index contributed by atoms with van der Waals surface area (Å²) in [5.74, 6) is -1.04. The molecule has 1 N–H and O–H groups in total. The average molecular weight is 307 g/mol. The van der Waals surface area contributed by atoms with E-state index >= 15 is 0 Å². The minimum atomic E-state index is -1.04. The van der Waals surface area contributed by atoms with Crippen LogP contribution in [0.15, 0.2) is 0 Å². The summed E-state index contributed by atoms with van der Waals surface area (Å²) in [4.78, 5) is 17.4. The highest BCUT2D eigenvalue weighted by atomic mass is 35.5. The van der Waals surface area contributed by atoms with Crippen molar-refractivity contribution < 1.29 is 14.6 Å². The van der Waals surface area contributed by atoms with E-state index in [2.05, 4.69) is 23.7 Å². The van der Waals surface area contributed by atoms with Crippen LogP contribution in [-0.2, 0) is 4.74 Å². The molecule has 0 radical (unpaired) electrons. The van der Waals surface area contributed by atoms with Gasteiger partial charge in [-0.05, 0) is 12.8 Å². The van der Waals surface area contributed by atoms with Crippen LogP contribution < -0.4 is 4.90 Å². The second-order valence-electron chi connectivity index (χ2n) is 4.08. The highest BCUT2D eigenvalue weighted by Crippen LogP contribution is 2.31. The molecule has 1 aromatic heterocycles. The molecule has 0 saturated carbocycles. The van der Waals surface area contributed by atoms with Crippen LogP contribution in [0.25, 0.3) is 0 Å². The standard InChI is InChI=1S/C12H19ClN2O3S/c1-4-8(5-2)15(6-7-18-3)12-14-10(13)9(19-12)11(16)17/h8H,4-7H2,1-3H3,(H,16,17). The Morgan fingerprint density at radius 1 is 1.53 bits per heavy atom. The van der Waals surface area contributed by atoms with E-state index in [1.54, 1.807) is 7.11 Å². The van der Waals surface area contributed by atoms with Gasteiger partial charge in [-0.25, -0.2) is 9.78 Å². The van der Waals surface area contributed by atoms with E-state index < -0.39 is 5.97 Å². The maximum absolute atomic E-state index is 11.0. The lowest BCUT2D eigenvalue weighted by Crippen LogP contribution is -2.37. The number of aromatic nitrogens is 1. The molecule has 0 amide bonds. The number of carboxylic acids is 1. The van der Waals surface area contributed by atoms with E-state index in [-0.39, 0.29) is 10.0 Å². The van der Waals surface area contributed by atoms with E-state index in [0.717, 1.165) is 24.2 Å². The van der Waals surface area contributed by atoms with Gasteiger partial charge in [0, 0.05) is 19.7 Å². The van der Waals surface area contributed by atoms with Crippen molar-refractivity contribution in [3.63, 3.8) is 0 Å². The molecule has 0 aromatic carbocycles. The van der Waals surface area contributed by atoms with Crippen LogP contribution >= 0.6 is 22.9 Å². The van der Waals surface area contributed by atoms with Gasteiger partial charge in [0.1, 0.15) is 0 Å². The molecule has 0 atom stereocenters. The number of ether oxygens (including phenoxy) is 1. The molecular weight excluding hydrogens is 288 g/mol. The summed E-state index contributed by atoms with van der Waals surface area (Å²) in [6, 6.07) is 0.305. The smallest absolute Gasteiger partial charge is 0.349 e. The molecule has 0 saturated heterocycles. The first-order valence-electron chi connectivity index (χ1n) is 6.20. The number of nitrogens with zero attached hydrogens (tertiary/aromatic N) is 2. The molecule has 0 bridgehead atoms. The van der Waals surface area contributed by atoms with Gasteiger partial charge in [-0.3, -0.25) is 0 Å².